The molecule has 1 saturated carbocycles. The molecule has 0 aliphatic heterocycles. The van der Waals surface area contributed by atoms with Crippen molar-refractivity contribution in [3.05, 3.63) is 21.9 Å². The molecule has 0 spiro atoms. The molecule has 1 aliphatic carbocycles. The topological polar surface area (TPSA) is 49.3 Å². The summed E-state index contributed by atoms with van der Waals surface area (Å²) in [7, 11) is 0. The number of thiophene rings is 1. The largest absolute Gasteiger partial charge is 0.477 e. The summed E-state index contributed by atoms with van der Waals surface area (Å²) >= 11 is 1.37. The summed E-state index contributed by atoms with van der Waals surface area (Å²) in [6.07, 6.45) is 6.49. The van der Waals surface area contributed by atoms with Crippen molar-refractivity contribution < 1.29 is 9.90 Å². The summed E-state index contributed by atoms with van der Waals surface area (Å²) in [5.41, 5.74) is 0. The predicted octanol–water partition coefficient (Wildman–Crippen LogP) is 3.50. The molecule has 0 atom stereocenters. The minimum Gasteiger partial charge on any atom is -0.477 e. The van der Waals surface area contributed by atoms with Gasteiger partial charge in [-0.2, -0.15) is 0 Å². The maximum Gasteiger partial charge on any atom is 0.345 e. The molecular weight excluding hydrogens is 246 g/mol. The van der Waals surface area contributed by atoms with Gasteiger partial charge in [-0.25, -0.2) is 4.79 Å². The van der Waals surface area contributed by atoms with Crippen LogP contribution in [0.1, 0.15) is 53.6 Å². The van der Waals surface area contributed by atoms with Crippen LogP contribution < -0.4 is 5.32 Å². The van der Waals surface area contributed by atoms with Crippen LogP contribution in [0.15, 0.2) is 12.1 Å². The number of nitrogens with one attached hydrogen (secondary N) is 1. The van der Waals surface area contributed by atoms with Crippen molar-refractivity contribution in [3.63, 3.8) is 0 Å². The predicted molar refractivity (Wildman–Crippen MR) is 74.2 cm³/mol. The molecule has 0 radical (unpaired) electrons. The molecule has 2 N–H and O–H groups in total. The fraction of sp³-hybridized carbons (Fsp3) is 0.643. The molecule has 1 aromatic heterocycles. The Morgan fingerprint density at radius 3 is 2.67 bits per heavy atom. The molecule has 1 aromatic rings. The minimum absolute atomic E-state index is 0.432. The van der Waals surface area contributed by atoms with E-state index in [4.69, 9.17) is 5.11 Å². The van der Waals surface area contributed by atoms with Crippen molar-refractivity contribution in [2.24, 2.45) is 5.92 Å². The lowest BCUT2D eigenvalue weighted by Crippen LogP contribution is -2.32. The van der Waals surface area contributed by atoms with Crippen LogP contribution in [0.3, 0.4) is 0 Å². The Hall–Kier alpha value is -0.870. The molecule has 1 fully saturated rings. The van der Waals surface area contributed by atoms with Crippen molar-refractivity contribution in [2.45, 2.75) is 51.6 Å². The normalized spacial score (nSPS) is 24.1. The van der Waals surface area contributed by atoms with Gasteiger partial charge in [0.15, 0.2) is 0 Å². The van der Waals surface area contributed by atoms with Crippen molar-refractivity contribution in [2.75, 3.05) is 0 Å². The number of carboxylic acids is 1. The molecule has 0 aromatic carbocycles. The van der Waals surface area contributed by atoms with Gasteiger partial charge in [0, 0.05) is 17.5 Å². The molecule has 0 bridgehead atoms. The first-order valence-electron chi connectivity index (χ1n) is 6.74. The molecule has 1 heterocycles. The Labute approximate surface area is 112 Å². The fourth-order valence-corrected chi connectivity index (χ4v) is 3.41. The van der Waals surface area contributed by atoms with Crippen LogP contribution in [0.25, 0.3) is 0 Å². The molecular formula is C14H21NO2S. The molecule has 1 aliphatic rings. The third kappa shape index (κ3) is 3.56. The average Bonchev–Trinajstić information content (AvgIpc) is 2.86. The number of rotatable bonds is 5. The zero-order valence-electron chi connectivity index (χ0n) is 10.8. The SMILES string of the molecule is CCC1CCC(NCc2ccc(C(=O)O)s2)CC1. The molecule has 0 saturated heterocycles. The number of carbonyl (C=O) groups is 1. The summed E-state index contributed by atoms with van der Waals surface area (Å²) in [6, 6.07) is 4.22. The lowest BCUT2D eigenvalue weighted by molar-refractivity contribution is 0.0702. The summed E-state index contributed by atoms with van der Waals surface area (Å²) in [4.78, 5) is 12.3. The quantitative estimate of drug-likeness (QED) is 0.858. The van der Waals surface area contributed by atoms with Crippen molar-refractivity contribution in [3.8, 4) is 0 Å². The first kappa shape index (κ1) is 13.6. The van der Waals surface area contributed by atoms with E-state index in [9.17, 15) is 4.79 Å². The van der Waals surface area contributed by atoms with Gasteiger partial charge in [0.05, 0.1) is 0 Å². The van der Waals surface area contributed by atoms with Crippen LogP contribution in [0, 0.1) is 5.92 Å². The lowest BCUT2D eigenvalue weighted by atomic mass is 9.84. The Kier molecular flexibility index (Phi) is 4.78. The van der Waals surface area contributed by atoms with Crippen LogP contribution in [-0.4, -0.2) is 17.1 Å². The van der Waals surface area contributed by atoms with E-state index >= 15 is 0 Å². The molecule has 100 valence electrons. The fourth-order valence-electron chi connectivity index (χ4n) is 2.61. The standard InChI is InChI=1S/C14H21NO2S/c1-2-10-3-5-11(6-4-10)15-9-12-7-8-13(18-12)14(16)17/h7-8,10-11,15H,2-6,9H2,1H3,(H,16,17). The van der Waals surface area contributed by atoms with E-state index in [1.54, 1.807) is 6.07 Å². The van der Waals surface area contributed by atoms with E-state index in [0.717, 1.165) is 17.3 Å². The van der Waals surface area contributed by atoms with Crippen LogP contribution in [0.5, 0.6) is 0 Å². The van der Waals surface area contributed by atoms with Gasteiger partial charge in [0.25, 0.3) is 0 Å². The zero-order chi connectivity index (χ0) is 13.0. The van der Waals surface area contributed by atoms with E-state index < -0.39 is 5.97 Å². The summed E-state index contributed by atoms with van der Waals surface area (Å²) in [5.74, 6) is 0.0955. The second kappa shape index (κ2) is 6.34. The highest BCUT2D eigenvalue weighted by Crippen LogP contribution is 2.27. The number of aromatic carboxylic acids is 1. The van der Waals surface area contributed by atoms with Gasteiger partial charge in [0.1, 0.15) is 4.88 Å². The third-order valence-corrected chi connectivity index (χ3v) is 4.93. The molecule has 3 nitrogen and oxygen atoms in total. The Bertz CT molecular complexity index is 394. The van der Waals surface area contributed by atoms with E-state index in [1.807, 2.05) is 6.07 Å². The highest BCUT2D eigenvalue weighted by Gasteiger charge is 2.19. The Morgan fingerprint density at radius 2 is 2.11 bits per heavy atom. The third-order valence-electron chi connectivity index (χ3n) is 3.86. The molecule has 0 unspecified atom stereocenters. The molecule has 2 rings (SSSR count). The minimum atomic E-state index is -0.824. The number of hydrogen-bond acceptors (Lipinski definition) is 3. The van der Waals surface area contributed by atoms with Gasteiger partial charge in [-0.15, -0.1) is 11.3 Å². The number of carboxylic acid groups (broad SMARTS) is 1. The van der Waals surface area contributed by atoms with Gasteiger partial charge in [-0.1, -0.05) is 13.3 Å². The van der Waals surface area contributed by atoms with Crippen LogP contribution in [-0.2, 0) is 6.54 Å². The van der Waals surface area contributed by atoms with Gasteiger partial charge in [-0.3, -0.25) is 0 Å². The van der Waals surface area contributed by atoms with Gasteiger partial charge >= 0.3 is 5.97 Å². The maximum absolute atomic E-state index is 10.8. The van der Waals surface area contributed by atoms with E-state index in [0.29, 0.717) is 10.9 Å². The summed E-state index contributed by atoms with van der Waals surface area (Å²) < 4.78 is 0. The Balaban J connectivity index is 1.76. The van der Waals surface area contributed by atoms with Gasteiger partial charge in [0.2, 0.25) is 0 Å². The van der Waals surface area contributed by atoms with Crippen LogP contribution in [0.2, 0.25) is 0 Å². The molecule has 0 amide bonds. The van der Waals surface area contributed by atoms with E-state index in [2.05, 4.69) is 12.2 Å². The highest BCUT2D eigenvalue weighted by molar-refractivity contribution is 7.13. The monoisotopic (exact) mass is 267 g/mol. The van der Waals surface area contributed by atoms with Crippen LogP contribution in [0.4, 0.5) is 0 Å². The first-order valence-corrected chi connectivity index (χ1v) is 7.56. The maximum atomic E-state index is 10.8. The molecule has 4 heteroatoms. The smallest absolute Gasteiger partial charge is 0.345 e. The van der Waals surface area contributed by atoms with Crippen molar-refractivity contribution in [1.29, 1.82) is 0 Å². The Morgan fingerprint density at radius 1 is 1.39 bits per heavy atom. The second-order valence-corrected chi connectivity index (χ2v) is 6.25. The molecule has 18 heavy (non-hydrogen) atoms. The summed E-state index contributed by atoms with van der Waals surface area (Å²) in [6.45, 7) is 3.08. The summed E-state index contributed by atoms with van der Waals surface area (Å²) in [5, 5.41) is 12.4. The lowest BCUT2D eigenvalue weighted by Gasteiger charge is -2.28. The zero-order valence-corrected chi connectivity index (χ0v) is 11.6. The highest BCUT2D eigenvalue weighted by atomic mass is 32.1. The van der Waals surface area contributed by atoms with Crippen LogP contribution >= 0.6 is 11.3 Å². The van der Waals surface area contributed by atoms with Gasteiger partial charge in [-0.05, 0) is 43.7 Å². The van der Waals surface area contributed by atoms with Crippen molar-refractivity contribution in [1.82, 2.24) is 5.32 Å². The van der Waals surface area contributed by atoms with Crippen molar-refractivity contribution >= 4 is 17.3 Å². The first-order chi connectivity index (χ1) is 8.69. The van der Waals surface area contributed by atoms with Gasteiger partial charge < -0.3 is 10.4 Å². The number of hydrogen-bond donors (Lipinski definition) is 2. The van der Waals surface area contributed by atoms with E-state index in [1.165, 1.54) is 43.4 Å². The average molecular weight is 267 g/mol. The second-order valence-electron chi connectivity index (χ2n) is 5.08. The van der Waals surface area contributed by atoms with E-state index in [-0.39, 0.29) is 0 Å².